The van der Waals surface area contributed by atoms with E-state index in [-0.39, 0.29) is 18.0 Å². The minimum atomic E-state index is -0.813. The fourth-order valence-corrected chi connectivity index (χ4v) is 3.23. The molecule has 0 atom stereocenters. The summed E-state index contributed by atoms with van der Waals surface area (Å²) in [4.78, 5) is 40.8. The van der Waals surface area contributed by atoms with Gasteiger partial charge in [-0.2, -0.15) is 0 Å². The summed E-state index contributed by atoms with van der Waals surface area (Å²) in [6, 6.07) is 5.19. The summed E-state index contributed by atoms with van der Waals surface area (Å²) < 4.78 is 10.3. The van der Waals surface area contributed by atoms with Gasteiger partial charge in [0.25, 0.3) is 5.91 Å². The van der Waals surface area contributed by atoms with Gasteiger partial charge in [0.2, 0.25) is 11.7 Å². The maximum atomic E-state index is 12.3. The zero-order chi connectivity index (χ0) is 19.4. The van der Waals surface area contributed by atoms with Crippen molar-refractivity contribution in [2.45, 2.75) is 18.9 Å². The minimum absolute atomic E-state index is 0.168. The van der Waals surface area contributed by atoms with Crippen LogP contribution in [0.3, 0.4) is 0 Å². The van der Waals surface area contributed by atoms with E-state index in [1.54, 1.807) is 11.0 Å². The Morgan fingerprint density at radius 3 is 2.30 bits per heavy atom. The molecular formula is C19H25N3O5. The first-order valence-corrected chi connectivity index (χ1v) is 9.10. The summed E-state index contributed by atoms with van der Waals surface area (Å²) in [6.45, 7) is 2.88. The van der Waals surface area contributed by atoms with Gasteiger partial charge in [0.05, 0.1) is 20.8 Å². The standard InChI is InChI=1S/C19H25N3O5/c1-26-15-6-3-13(11-16(15)27-2)18(24)19(25)20-12-17(23)22-9-7-21(8-10-22)14-4-5-14/h3,6,11,14H,4-5,7-10,12H2,1-2H3,(H,20,25). The van der Waals surface area contributed by atoms with Crippen LogP contribution in [0.25, 0.3) is 0 Å². The first-order chi connectivity index (χ1) is 13.0. The molecule has 1 saturated carbocycles. The van der Waals surface area contributed by atoms with Crippen molar-refractivity contribution < 1.29 is 23.9 Å². The number of benzene rings is 1. The molecule has 0 spiro atoms. The molecule has 0 aromatic heterocycles. The molecule has 2 amide bonds. The van der Waals surface area contributed by atoms with E-state index in [1.165, 1.54) is 39.2 Å². The van der Waals surface area contributed by atoms with Crippen LogP contribution < -0.4 is 14.8 Å². The third-order valence-electron chi connectivity index (χ3n) is 4.98. The van der Waals surface area contributed by atoms with Crippen molar-refractivity contribution in [2.24, 2.45) is 0 Å². The van der Waals surface area contributed by atoms with E-state index in [0.29, 0.717) is 30.6 Å². The number of nitrogens with zero attached hydrogens (tertiary/aromatic N) is 2. The smallest absolute Gasteiger partial charge is 0.292 e. The van der Waals surface area contributed by atoms with Gasteiger partial charge in [-0.15, -0.1) is 0 Å². The molecule has 3 rings (SSSR count). The number of piperazine rings is 1. The second kappa shape index (κ2) is 8.39. The van der Waals surface area contributed by atoms with Crippen LogP contribution in [0.4, 0.5) is 0 Å². The summed E-state index contributed by atoms with van der Waals surface area (Å²) >= 11 is 0. The molecule has 0 unspecified atom stereocenters. The average Bonchev–Trinajstić information content (AvgIpc) is 3.56. The Balaban J connectivity index is 1.49. The number of amides is 2. The van der Waals surface area contributed by atoms with Crippen LogP contribution in [0.2, 0.25) is 0 Å². The van der Waals surface area contributed by atoms with E-state index >= 15 is 0 Å². The lowest BCUT2D eigenvalue weighted by Crippen LogP contribution is -2.52. The molecule has 1 aromatic carbocycles. The zero-order valence-electron chi connectivity index (χ0n) is 15.7. The Bertz CT molecular complexity index is 724. The maximum absolute atomic E-state index is 12.3. The lowest BCUT2D eigenvalue weighted by molar-refractivity contribution is -0.133. The molecule has 8 heteroatoms. The topological polar surface area (TPSA) is 88.2 Å². The van der Waals surface area contributed by atoms with Crippen molar-refractivity contribution in [1.29, 1.82) is 0 Å². The number of ketones is 1. The number of hydrogen-bond acceptors (Lipinski definition) is 6. The van der Waals surface area contributed by atoms with E-state index in [4.69, 9.17) is 9.47 Å². The van der Waals surface area contributed by atoms with E-state index < -0.39 is 11.7 Å². The molecule has 1 N–H and O–H groups in total. The highest BCUT2D eigenvalue weighted by Crippen LogP contribution is 2.28. The number of carbonyl (C=O) groups excluding carboxylic acids is 3. The molecule has 1 aromatic rings. The van der Waals surface area contributed by atoms with Gasteiger partial charge in [-0.05, 0) is 31.0 Å². The molecule has 0 bridgehead atoms. The predicted octanol–water partition coefficient (Wildman–Crippen LogP) is 0.309. The fraction of sp³-hybridized carbons (Fsp3) is 0.526. The Hall–Kier alpha value is -2.61. The third kappa shape index (κ3) is 4.57. The monoisotopic (exact) mass is 375 g/mol. The maximum Gasteiger partial charge on any atom is 0.292 e. The van der Waals surface area contributed by atoms with Crippen LogP contribution in [0.1, 0.15) is 23.2 Å². The SMILES string of the molecule is COc1ccc(C(=O)C(=O)NCC(=O)N2CCN(C3CC3)CC2)cc1OC. The number of rotatable bonds is 7. The van der Waals surface area contributed by atoms with Crippen molar-refractivity contribution >= 4 is 17.6 Å². The van der Waals surface area contributed by atoms with Gasteiger partial charge in [-0.3, -0.25) is 19.3 Å². The van der Waals surface area contributed by atoms with Crippen LogP contribution in [0, 0.1) is 0 Å². The Kier molecular flexibility index (Phi) is 5.95. The molecule has 1 aliphatic heterocycles. The van der Waals surface area contributed by atoms with Crippen molar-refractivity contribution in [3.8, 4) is 11.5 Å². The zero-order valence-corrected chi connectivity index (χ0v) is 15.7. The second-order valence-corrected chi connectivity index (χ2v) is 6.73. The fourth-order valence-electron chi connectivity index (χ4n) is 3.23. The lowest BCUT2D eigenvalue weighted by atomic mass is 10.1. The molecular weight excluding hydrogens is 350 g/mol. The van der Waals surface area contributed by atoms with Gasteiger partial charge in [0.15, 0.2) is 11.5 Å². The van der Waals surface area contributed by atoms with E-state index in [9.17, 15) is 14.4 Å². The predicted molar refractivity (Wildman–Crippen MR) is 98.1 cm³/mol. The van der Waals surface area contributed by atoms with Gasteiger partial charge >= 0.3 is 0 Å². The molecule has 1 aliphatic carbocycles. The number of ether oxygens (including phenoxy) is 2. The minimum Gasteiger partial charge on any atom is -0.493 e. The number of hydrogen-bond donors (Lipinski definition) is 1. The van der Waals surface area contributed by atoms with Gasteiger partial charge in [0.1, 0.15) is 0 Å². The quantitative estimate of drug-likeness (QED) is 0.545. The van der Waals surface area contributed by atoms with Gasteiger partial charge in [-0.25, -0.2) is 0 Å². The number of methoxy groups -OCH3 is 2. The van der Waals surface area contributed by atoms with Crippen LogP contribution in [-0.4, -0.2) is 80.4 Å². The third-order valence-corrected chi connectivity index (χ3v) is 4.98. The highest BCUT2D eigenvalue weighted by Gasteiger charge is 2.32. The summed E-state index contributed by atoms with van der Waals surface area (Å²) in [6.07, 6.45) is 2.50. The lowest BCUT2D eigenvalue weighted by Gasteiger charge is -2.34. The first-order valence-electron chi connectivity index (χ1n) is 9.10. The number of Topliss-reactive ketones (excluding diaryl/α,β-unsaturated/α-hetero) is 1. The van der Waals surface area contributed by atoms with Crippen molar-refractivity contribution in [3.05, 3.63) is 23.8 Å². The summed E-state index contributed by atoms with van der Waals surface area (Å²) in [7, 11) is 2.94. The van der Waals surface area contributed by atoms with Crippen molar-refractivity contribution in [2.75, 3.05) is 46.9 Å². The average molecular weight is 375 g/mol. The van der Waals surface area contributed by atoms with Crippen LogP contribution >= 0.6 is 0 Å². The second-order valence-electron chi connectivity index (χ2n) is 6.73. The molecule has 2 fully saturated rings. The highest BCUT2D eigenvalue weighted by atomic mass is 16.5. The molecule has 0 radical (unpaired) electrons. The van der Waals surface area contributed by atoms with Crippen LogP contribution in [0.15, 0.2) is 18.2 Å². The van der Waals surface area contributed by atoms with E-state index in [0.717, 1.165) is 13.1 Å². The highest BCUT2D eigenvalue weighted by molar-refractivity contribution is 6.43. The van der Waals surface area contributed by atoms with Crippen LogP contribution in [0.5, 0.6) is 11.5 Å². The van der Waals surface area contributed by atoms with Gasteiger partial charge in [0, 0.05) is 37.8 Å². The van der Waals surface area contributed by atoms with E-state index in [2.05, 4.69) is 10.2 Å². The molecule has 1 saturated heterocycles. The Morgan fingerprint density at radius 1 is 1.04 bits per heavy atom. The Morgan fingerprint density at radius 2 is 1.70 bits per heavy atom. The first kappa shape index (κ1) is 19.2. The van der Waals surface area contributed by atoms with Gasteiger partial charge in [-0.1, -0.05) is 0 Å². The summed E-state index contributed by atoms with van der Waals surface area (Å²) in [5.74, 6) is -0.871. The van der Waals surface area contributed by atoms with Crippen molar-refractivity contribution in [1.82, 2.24) is 15.1 Å². The number of nitrogens with one attached hydrogen (secondary N) is 1. The summed E-state index contributed by atoms with van der Waals surface area (Å²) in [5, 5.41) is 2.43. The molecule has 8 nitrogen and oxygen atoms in total. The molecule has 27 heavy (non-hydrogen) atoms. The van der Waals surface area contributed by atoms with E-state index in [1.807, 2.05) is 0 Å². The number of carbonyl (C=O) groups is 3. The normalized spacial score (nSPS) is 17.3. The Labute approximate surface area is 158 Å². The van der Waals surface area contributed by atoms with Crippen molar-refractivity contribution in [3.63, 3.8) is 0 Å². The van der Waals surface area contributed by atoms with Gasteiger partial charge < -0.3 is 19.7 Å². The largest absolute Gasteiger partial charge is 0.493 e. The molecule has 2 aliphatic rings. The summed E-state index contributed by atoms with van der Waals surface area (Å²) in [5.41, 5.74) is 0.177. The van der Waals surface area contributed by atoms with Crippen LogP contribution in [-0.2, 0) is 9.59 Å². The molecule has 146 valence electrons. The molecule has 1 heterocycles.